The van der Waals surface area contributed by atoms with Gasteiger partial charge in [0.1, 0.15) is 0 Å². The van der Waals surface area contributed by atoms with Crippen LogP contribution >= 0.6 is 15.9 Å². The van der Waals surface area contributed by atoms with Crippen LogP contribution < -0.4 is 0 Å². The van der Waals surface area contributed by atoms with Crippen LogP contribution in [0.1, 0.15) is 21.5 Å². The fourth-order valence-electron chi connectivity index (χ4n) is 1.51. The Kier molecular flexibility index (Phi) is 3.15. The summed E-state index contributed by atoms with van der Waals surface area (Å²) in [5.74, 6) is 0.00639. The summed E-state index contributed by atoms with van der Waals surface area (Å²) < 4.78 is 0.947. The van der Waals surface area contributed by atoms with Crippen molar-refractivity contribution in [1.82, 2.24) is 4.98 Å². The standard InChI is InChI=1S/C13H10BrNO/c1-9-11(5-2-6-12(9)14)13(16)10-4-3-7-15-8-10/h2-8H,1H3. The largest absolute Gasteiger partial charge is 0.289 e. The van der Waals surface area contributed by atoms with Crippen LogP contribution in [0.5, 0.6) is 0 Å². The van der Waals surface area contributed by atoms with Crippen LogP contribution in [0.25, 0.3) is 0 Å². The van der Waals surface area contributed by atoms with E-state index in [4.69, 9.17) is 0 Å². The third-order valence-corrected chi connectivity index (χ3v) is 3.30. The van der Waals surface area contributed by atoms with Gasteiger partial charge in [0.25, 0.3) is 0 Å². The zero-order chi connectivity index (χ0) is 11.5. The summed E-state index contributed by atoms with van der Waals surface area (Å²) in [5.41, 5.74) is 2.28. The van der Waals surface area contributed by atoms with Crippen molar-refractivity contribution in [2.75, 3.05) is 0 Å². The van der Waals surface area contributed by atoms with E-state index in [0.29, 0.717) is 11.1 Å². The Morgan fingerprint density at radius 3 is 2.75 bits per heavy atom. The molecule has 0 saturated heterocycles. The van der Waals surface area contributed by atoms with E-state index in [1.165, 1.54) is 0 Å². The number of carbonyl (C=O) groups is 1. The predicted molar refractivity (Wildman–Crippen MR) is 66.5 cm³/mol. The minimum atomic E-state index is 0.00639. The molecule has 0 amide bonds. The third-order valence-electron chi connectivity index (χ3n) is 2.44. The molecule has 0 bridgehead atoms. The van der Waals surface area contributed by atoms with Crippen LogP contribution in [0.4, 0.5) is 0 Å². The van der Waals surface area contributed by atoms with Gasteiger partial charge in [0.15, 0.2) is 5.78 Å². The van der Waals surface area contributed by atoms with Crippen LogP contribution in [-0.2, 0) is 0 Å². The lowest BCUT2D eigenvalue weighted by molar-refractivity contribution is 0.103. The SMILES string of the molecule is Cc1c(Br)cccc1C(=O)c1cccnc1. The van der Waals surface area contributed by atoms with E-state index in [0.717, 1.165) is 10.0 Å². The Morgan fingerprint density at radius 1 is 1.25 bits per heavy atom. The van der Waals surface area contributed by atoms with Gasteiger partial charge in [-0.3, -0.25) is 9.78 Å². The topological polar surface area (TPSA) is 30.0 Å². The van der Waals surface area contributed by atoms with Crippen molar-refractivity contribution in [2.45, 2.75) is 6.92 Å². The molecule has 16 heavy (non-hydrogen) atoms. The van der Waals surface area contributed by atoms with Crippen LogP contribution in [0.15, 0.2) is 47.2 Å². The van der Waals surface area contributed by atoms with Crippen LogP contribution in [-0.4, -0.2) is 10.8 Å². The molecule has 0 aliphatic rings. The molecule has 0 radical (unpaired) electrons. The van der Waals surface area contributed by atoms with Gasteiger partial charge in [0.05, 0.1) is 0 Å². The summed E-state index contributed by atoms with van der Waals surface area (Å²) in [6.07, 6.45) is 3.24. The maximum absolute atomic E-state index is 12.2. The maximum atomic E-state index is 12.2. The average molecular weight is 276 g/mol. The molecule has 0 aliphatic heterocycles. The number of hydrogen-bond donors (Lipinski definition) is 0. The number of carbonyl (C=O) groups excluding carboxylic acids is 1. The summed E-state index contributed by atoms with van der Waals surface area (Å²) in [5, 5.41) is 0. The summed E-state index contributed by atoms with van der Waals surface area (Å²) in [7, 11) is 0. The number of rotatable bonds is 2. The summed E-state index contributed by atoms with van der Waals surface area (Å²) >= 11 is 3.42. The minimum Gasteiger partial charge on any atom is -0.289 e. The van der Waals surface area contributed by atoms with Gasteiger partial charge >= 0.3 is 0 Å². The monoisotopic (exact) mass is 275 g/mol. The molecule has 1 aromatic heterocycles. The number of hydrogen-bond acceptors (Lipinski definition) is 2. The van der Waals surface area contributed by atoms with E-state index in [1.807, 2.05) is 25.1 Å². The first-order chi connectivity index (χ1) is 7.70. The number of halogens is 1. The van der Waals surface area contributed by atoms with Crippen molar-refractivity contribution in [3.63, 3.8) is 0 Å². The molecule has 0 atom stereocenters. The first-order valence-corrected chi connectivity index (χ1v) is 5.69. The van der Waals surface area contributed by atoms with Gasteiger partial charge in [0.2, 0.25) is 0 Å². The van der Waals surface area contributed by atoms with Gasteiger partial charge in [0, 0.05) is 28.0 Å². The zero-order valence-electron chi connectivity index (χ0n) is 8.77. The molecule has 80 valence electrons. The maximum Gasteiger partial charge on any atom is 0.194 e. The van der Waals surface area contributed by atoms with Crippen molar-refractivity contribution in [2.24, 2.45) is 0 Å². The lowest BCUT2D eigenvalue weighted by Crippen LogP contribution is -2.04. The summed E-state index contributed by atoms with van der Waals surface area (Å²) in [4.78, 5) is 16.1. The van der Waals surface area contributed by atoms with Gasteiger partial charge in [-0.2, -0.15) is 0 Å². The van der Waals surface area contributed by atoms with Gasteiger partial charge in [-0.25, -0.2) is 0 Å². The predicted octanol–water partition coefficient (Wildman–Crippen LogP) is 3.38. The normalized spacial score (nSPS) is 10.1. The van der Waals surface area contributed by atoms with Crippen molar-refractivity contribution < 1.29 is 4.79 Å². The second kappa shape index (κ2) is 4.58. The van der Waals surface area contributed by atoms with Crippen molar-refractivity contribution >= 4 is 21.7 Å². The Balaban J connectivity index is 2.46. The second-order valence-electron chi connectivity index (χ2n) is 3.48. The number of ketones is 1. The first kappa shape index (κ1) is 11.0. The quantitative estimate of drug-likeness (QED) is 0.787. The highest BCUT2D eigenvalue weighted by Gasteiger charge is 2.12. The van der Waals surface area contributed by atoms with Gasteiger partial charge < -0.3 is 0 Å². The Labute approximate surface area is 102 Å². The summed E-state index contributed by atoms with van der Waals surface area (Å²) in [6.45, 7) is 1.92. The van der Waals surface area contributed by atoms with Gasteiger partial charge in [-0.15, -0.1) is 0 Å². The number of nitrogens with zero attached hydrogens (tertiary/aromatic N) is 1. The van der Waals surface area contributed by atoms with E-state index in [-0.39, 0.29) is 5.78 Å². The Hall–Kier alpha value is -1.48. The second-order valence-corrected chi connectivity index (χ2v) is 4.34. The van der Waals surface area contributed by atoms with Crippen LogP contribution in [0.3, 0.4) is 0 Å². The van der Waals surface area contributed by atoms with Crippen LogP contribution in [0.2, 0.25) is 0 Å². The molecular formula is C13H10BrNO. The molecule has 2 rings (SSSR count). The number of benzene rings is 1. The van der Waals surface area contributed by atoms with E-state index < -0.39 is 0 Å². The van der Waals surface area contributed by atoms with Crippen molar-refractivity contribution in [1.29, 1.82) is 0 Å². The number of aromatic nitrogens is 1. The third kappa shape index (κ3) is 2.04. The molecule has 0 spiro atoms. The minimum absolute atomic E-state index is 0.00639. The highest BCUT2D eigenvalue weighted by Crippen LogP contribution is 2.21. The van der Waals surface area contributed by atoms with Gasteiger partial charge in [-0.1, -0.05) is 28.1 Å². The fraction of sp³-hybridized carbons (Fsp3) is 0.0769. The van der Waals surface area contributed by atoms with E-state index in [9.17, 15) is 4.79 Å². The van der Waals surface area contributed by atoms with E-state index in [1.54, 1.807) is 24.5 Å². The fourth-order valence-corrected chi connectivity index (χ4v) is 1.87. The first-order valence-electron chi connectivity index (χ1n) is 4.90. The van der Waals surface area contributed by atoms with Gasteiger partial charge in [-0.05, 0) is 30.7 Å². The van der Waals surface area contributed by atoms with Crippen molar-refractivity contribution in [3.8, 4) is 0 Å². The molecule has 0 aliphatic carbocycles. The lowest BCUT2D eigenvalue weighted by atomic mass is 10.0. The van der Waals surface area contributed by atoms with E-state index >= 15 is 0 Å². The highest BCUT2D eigenvalue weighted by molar-refractivity contribution is 9.10. The zero-order valence-corrected chi connectivity index (χ0v) is 10.4. The average Bonchev–Trinajstić information content (AvgIpc) is 2.33. The molecule has 1 heterocycles. The molecular weight excluding hydrogens is 266 g/mol. The smallest absolute Gasteiger partial charge is 0.194 e. The van der Waals surface area contributed by atoms with E-state index in [2.05, 4.69) is 20.9 Å². The molecule has 0 saturated carbocycles. The Morgan fingerprint density at radius 2 is 2.06 bits per heavy atom. The highest BCUT2D eigenvalue weighted by atomic mass is 79.9. The summed E-state index contributed by atoms with van der Waals surface area (Å²) in [6, 6.07) is 9.15. The van der Waals surface area contributed by atoms with Crippen LogP contribution in [0, 0.1) is 6.92 Å². The molecule has 0 unspecified atom stereocenters. The Bertz CT molecular complexity index is 523. The lowest BCUT2D eigenvalue weighted by Gasteiger charge is -2.06. The molecule has 3 heteroatoms. The number of pyridine rings is 1. The molecule has 0 fully saturated rings. The molecule has 0 N–H and O–H groups in total. The van der Waals surface area contributed by atoms with Crippen molar-refractivity contribution in [3.05, 3.63) is 63.9 Å². The molecule has 2 nitrogen and oxygen atoms in total. The molecule has 1 aromatic carbocycles. The molecule has 2 aromatic rings.